The summed E-state index contributed by atoms with van der Waals surface area (Å²) in [4.78, 5) is 14.8. The summed E-state index contributed by atoms with van der Waals surface area (Å²) in [6, 6.07) is 47.5. The molecule has 0 atom stereocenters. The van der Waals surface area contributed by atoms with Crippen molar-refractivity contribution in [2.24, 2.45) is 0 Å². The molecule has 11 rings (SSSR count). The molecule has 3 heterocycles. The lowest BCUT2D eigenvalue weighted by Gasteiger charge is -2.11. The number of hydrogen-bond donors (Lipinski definition) is 0. The molecule has 0 unspecified atom stereocenters. The molecule has 0 aliphatic heterocycles. The minimum Gasteiger partial charge on any atom is -0.455 e. The second kappa shape index (κ2) is 13.3. The zero-order chi connectivity index (χ0) is 42.2. The maximum absolute atomic E-state index is 9.70. The molecule has 0 saturated heterocycles. The van der Waals surface area contributed by atoms with Crippen LogP contribution in [-0.2, 0) is 0 Å². The van der Waals surface area contributed by atoms with E-state index in [2.05, 4.69) is 24.3 Å². The van der Waals surface area contributed by atoms with Crippen molar-refractivity contribution in [3.8, 4) is 67.5 Å². The third-order valence-corrected chi connectivity index (χ3v) is 11.3. The van der Waals surface area contributed by atoms with Crippen LogP contribution in [0.2, 0.25) is 0 Å². The van der Waals surface area contributed by atoms with Crippen LogP contribution in [0.15, 0.2) is 192 Å². The van der Waals surface area contributed by atoms with Crippen molar-refractivity contribution in [3.05, 3.63) is 188 Å². The molecule has 4 nitrogen and oxygen atoms in total. The number of benzene rings is 8. The van der Waals surface area contributed by atoms with Crippen molar-refractivity contribution >= 4 is 53.4 Å². The van der Waals surface area contributed by atoms with E-state index in [-0.39, 0.29) is 75.1 Å². The molecule has 0 fully saturated rings. The van der Waals surface area contributed by atoms with Gasteiger partial charge in [0.25, 0.3) is 0 Å². The van der Waals surface area contributed by atoms with Crippen LogP contribution in [0.4, 0.5) is 0 Å². The normalized spacial score (nSPS) is 13.1. The van der Waals surface area contributed by atoms with Crippen LogP contribution in [0, 0.1) is 0 Å². The third kappa shape index (κ3) is 5.56. The van der Waals surface area contributed by atoms with Gasteiger partial charge in [0, 0.05) is 53.2 Å². The van der Waals surface area contributed by atoms with E-state index in [9.17, 15) is 5.48 Å². The Morgan fingerprint density at radius 2 is 1.04 bits per heavy atom. The Labute approximate surface area is 335 Å². The maximum atomic E-state index is 9.70. The summed E-state index contributed by atoms with van der Waals surface area (Å²) in [5.41, 5.74) is 5.93. The molecule has 0 spiro atoms. The minimum absolute atomic E-state index is 0.0228. The van der Waals surface area contributed by atoms with Crippen LogP contribution in [0.1, 0.15) is 8.22 Å². The summed E-state index contributed by atoms with van der Waals surface area (Å²) < 4.78 is 64.8. The Morgan fingerprint density at radius 1 is 0.429 bits per heavy atom. The summed E-state index contributed by atoms with van der Waals surface area (Å²) in [6.07, 6.45) is 0. The smallest absolute Gasteiger partial charge is 0.165 e. The summed E-state index contributed by atoms with van der Waals surface area (Å²) in [7, 11) is 0. The maximum Gasteiger partial charge on any atom is 0.165 e. The molecule has 56 heavy (non-hydrogen) atoms. The molecule has 11 aromatic rings. The number of rotatable bonds is 6. The molecule has 0 bridgehead atoms. The lowest BCUT2D eigenvalue weighted by Crippen LogP contribution is -2.00. The average molecular weight is 740 g/mol. The van der Waals surface area contributed by atoms with E-state index >= 15 is 0 Å². The van der Waals surface area contributed by atoms with Gasteiger partial charge in [0.1, 0.15) is 11.2 Å². The van der Waals surface area contributed by atoms with E-state index in [1.54, 1.807) is 11.3 Å². The molecular weight excluding hydrogens is 703 g/mol. The van der Waals surface area contributed by atoms with E-state index < -0.39 is 0 Å². The third-order valence-electron chi connectivity index (χ3n) is 10.0. The first-order valence-corrected chi connectivity index (χ1v) is 19.0. The number of para-hydroxylation sites is 1. The predicted octanol–water partition coefficient (Wildman–Crippen LogP) is 14.1. The lowest BCUT2D eigenvalue weighted by molar-refractivity contribution is 0.670. The van der Waals surface area contributed by atoms with Gasteiger partial charge in [0.15, 0.2) is 17.5 Å². The van der Waals surface area contributed by atoms with Crippen LogP contribution in [0.3, 0.4) is 0 Å². The van der Waals surface area contributed by atoms with E-state index in [1.807, 2.05) is 127 Å². The Balaban J connectivity index is 1.18. The van der Waals surface area contributed by atoms with Gasteiger partial charge in [-0.1, -0.05) is 145 Å². The molecule has 0 N–H and O–H groups in total. The highest BCUT2D eigenvalue weighted by Crippen LogP contribution is 2.42. The van der Waals surface area contributed by atoms with Crippen LogP contribution in [-0.4, -0.2) is 15.0 Å². The van der Waals surface area contributed by atoms with E-state index in [4.69, 9.17) is 22.1 Å². The number of hydrogen-bond acceptors (Lipinski definition) is 5. The fraction of sp³-hybridized carbons (Fsp3) is 0. The van der Waals surface area contributed by atoms with E-state index in [0.29, 0.717) is 22.8 Å². The second-order valence-electron chi connectivity index (χ2n) is 13.5. The van der Waals surface area contributed by atoms with Gasteiger partial charge in [-0.15, -0.1) is 11.3 Å². The molecule has 0 aliphatic rings. The van der Waals surface area contributed by atoms with Crippen molar-refractivity contribution in [1.82, 2.24) is 15.0 Å². The highest BCUT2D eigenvalue weighted by atomic mass is 32.1. The van der Waals surface area contributed by atoms with Crippen molar-refractivity contribution < 1.29 is 12.6 Å². The van der Waals surface area contributed by atoms with Gasteiger partial charge in [0.05, 0.1) is 8.22 Å². The summed E-state index contributed by atoms with van der Waals surface area (Å²) in [5, 5.41) is 2.32. The Hall–Kier alpha value is -7.21. The molecule has 0 saturated carbocycles. The van der Waals surface area contributed by atoms with E-state index in [0.717, 1.165) is 48.0 Å². The molecule has 0 aliphatic carbocycles. The Bertz CT molecular complexity index is 3540. The average Bonchev–Trinajstić information content (AvgIpc) is 3.91. The number of fused-ring (bicyclic) bond motifs is 6. The fourth-order valence-corrected chi connectivity index (χ4v) is 8.56. The van der Waals surface area contributed by atoms with Crippen LogP contribution in [0.25, 0.3) is 110 Å². The second-order valence-corrected chi connectivity index (χ2v) is 14.5. The van der Waals surface area contributed by atoms with Gasteiger partial charge < -0.3 is 4.42 Å². The Morgan fingerprint density at radius 3 is 1.77 bits per heavy atom. The number of furan rings is 1. The zero-order valence-corrected chi connectivity index (χ0v) is 30.4. The van der Waals surface area contributed by atoms with Gasteiger partial charge in [-0.2, -0.15) is 0 Å². The standard InChI is InChI=1S/C51H31N3OS/c1-4-14-32(15-5-1)36-28-37(33-16-6-2-7-17-33)30-38(29-36)39-21-12-22-42-40-27-26-35(31-45(40)55-47(39)42)50-52-49(34-18-8-3-9-19-34)53-51(54-50)44-24-13-23-43-41-20-10-11-25-46(41)56-48(43)44/h1-31H/i12D,21D,22D,26D,27D,31D. The first-order valence-electron chi connectivity index (χ1n) is 21.2. The van der Waals surface area contributed by atoms with Crippen LogP contribution < -0.4 is 0 Å². The summed E-state index contributed by atoms with van der Waals surface area (Å²) >= 11 is 1.63. The Kier molecular flexibility index (Phi) is 6.29. The molecule has 8 aromatic carbocycles. The van der Waals surface area contributed by atoms with Crippen molar-refractivity contribution in [2.45, 2.75) is 0 Å². The van der Waals surface area contributed by atoms with Gasteiger partial charge in [0.2, 0.25) is 0 Å². The summed E-state index contributed by atoms with van der Waals surface area (Å²) in [6.45, 7) is 0. The van der Waals surface area contributed by atoms with Gasteiger partial charge in [-0.25, -0.2) is 15.0 Å². The fourth-order valence-electron chi connectivity index (χ4n) is 7.35. The van der Waals surface area contributed by atoms with Crippen LogP contribution >= 0.6 is 11.3 Å². The number of thiophene rings is 1. The summed E-state index contributed by atoms with van der Waals surface area (Å²) in [5.74, 6) is 0.705. The van der Waals surface area contributed by atoms with Crippen LogP contribution in [0.5, 0.6) is 0 Å². The highest BCUT2D eigenvalue weighted by molar-refractivity contribution is 7.26. The molecule has 3 aromatic heterocycles. The lowest BCUT2D eigenvalue weighted by atomic mass is 9.92. The van der Waals surface area contributed by atoms with Gasteiger partial charge >= 0.3 is 0 Å². The predicted molar refractivity (Wildman–Crippen MR) is 233 cm³/mol. The molecular formula is C51H31N3OS. The van der Waals surface area contributed by atoms with Crippen molar-refractivity contribution in [1.29, 1.82) is 0 Å². The van der Waals surface area contributed by atoms with Gasteiger partial charge in [-0.3, -0.25) is 0 Å². The zero-order valence-electron chi connectivity index (χ0n) is 35.6. The largest absolute Gasteiger partial charge is 0.455 e. The molecule has 5 heteroatoms. The number of aromatic nitrogens is 3. The monoisotopic (exact) mass is 739 g/mol. The molecule has 0 radical (unpaired) electrons. The van der Waals surface area contributed by atoms with Crippen molar-refractivity contribution in [3.63, 3.8) is 0 Å². The minimum atomic E-state index is -0.354. The van der Waals surface area contributed by atoms with Crippen molar-refractivity contribution in [2.75, 3.05) is 0 Å². The quantitative estimate of drug-likeness (QED) is 0.170. The highest BCUT2D eigenvalue weighted by Gasteiger charge is 2.19. The topological polar surface area (TPSA) is 51.8 Å². The molecule has 0 amide bonds. The molecule has 262 valence electrons. The first kappa shape index (κ1) is 26.5. The van der Waals surface area contributed by atoms with Gasteiger partial charge in [-0.05, 0) is 70.2 Å². The SMILES string of the molecule is [2H]c1c([2H])c([2H])c2c(oc3c([2H])c(-c4nc(-c5ccccc5)nc(-c5cccc6c5sc5ccccc56)n4)c([2H])c([2H])c32)c1-c1cc(-c2ccccc2)cc(-c2ccccc2)c1. The van der Waals surface area contributed by atoms with E-state index in [1.165, 1.54) is 0 Å². The number of nitrogens with zero attached hydrogens (tertiary/aromatic N) is 3. The first-order chi connectivity index (χ1) is 30.2.